The van der Waals surface area contributed by atoms with E-state index in [-0.39, 0.29) is 36.3 Å². The summed E-state index contributed by atoms with van der Waals surface area (Å²) in [7, 11) is 0. The number of ether oxygens (including phenoxy) is 1. The van der Waals surface area contributed by atoms with Crippen molar-refractivity contribution in [3.63, 3.8) is 0 Å². The number of carbonyl (C=O) groups is 5. The molecule has 1 atom stereocenters. The maximum absolute atomic E-state index is 13.4. The maximum atomic E-state index is 13.4. The van der Waals surface area contributed by atoms with Crippen LogP contribution in [0.25, 0.3) is 0 Å². The van der Waals surface area contributed by atoms with Crippen molar-refractivity contribution < 1.29 is 28.7 Å². The van der Waals surface area contributed by atoms with Crippen LogP contribution in [0.15, 0.2) is 36.4 Å². The molecule has 1 spiro atoms. The summed E-state index contributed by atoms with van der Waals surface area (Å²) in [4.78, 5) is 71.8. The van der Waals surface area contributed by atoms with Crippen LogP contribution in [0.5, 0.6) is 5.75 Å². The summed E-state index contributed by atoms with van der Waals surface area (Å²) >= 11 is 7.51. The zero-order valence-corrected chi connectivity index (χ0v) is 33.5. The van der Waals surface area contributed by atoms with Gasteiger partial charge in [-0.05, 0) is 101 Å². The number of piperidine rings is 3. The topological polar surface area (TPSA) is 181 Å². The smallest absolute Gasteiger partial charge is 0.282 e. The molecule has 58 heavy (non-hydrogen) atoms. The lowest BCUT2D eigenvalue weighted by Gasteiger charge is -2.55. The molecule has 1 aliphatic carbocycles. The molecule has 3 aromatic rings. The number of amides is 5. The summed E-state index contributed by atoms with van der Waals surface area (Å²) in [6.45, 7) is 5.62. The van der Waals surface area contributed by atoms with Gasteiger partial charge in [-0.2, -0.15) is 5.26 Å². The number of nitriles is 1. The molecular weight excluding hydrogens is 782 g/mol. The number of fused-ring (bicyclic) bond motifs is 1. The highest BCUT2D eigenvalue weighted by Crippen LogP contribution is 2.44. The van der Waals surface area contributed by atoms with Crippen LogP contribution in [0.3, 0.4) is 0 Å². The third-order valence-electron chi connectivity index (χ3n) is 12.9. The van der Waals surface area contributed by atoms with Gasteiger partial charge in [-0.1, -0.05) is 22.9 Å². The van der Waals surface area contributed by atoms with E-state index in [1.165, 1.54) is 11.3 Å². The van der Waals surface area contributed by atoms with Gasteiger partial charge in [0.1, 0.15) is 17.9 Å². The highest BCUT2D eigenvalue weighted by molar-refractivity contribution is 7.17. The highest BCUT2D eigenvalue weighted by Gasteiger charge is 2.48. The first-order chi connectivity index (χ1) is 28.1. The van der Waals surface area contributed by atoms with Crippen LogP contribution in [0.2, 0.25) is 5.02 Å². The summed E-state index contributed by atoms with van der Waals surface area (Å²) in [6.07, 6.45) is 7.69. The predicted molar refractivity (Wildman–Crippen MR) is 214 cm³/mol. The van der Waals surface area contributed by atoms with Crippen molar-refractivity contribution >= 4 is 63.3 Å². The number of rotatable bonds is 8. The van der Waals surface area contributed by atoms with Gasteiger partial charge in [0.2, 0.25) is 22.0 Å². The van der Waals surface area contributed by atoms with Gasteiger partial charge < -0.3 is 24.8 Å². The number of carbonyl (C=O) groups excluding carboxylic acids is 5. The SMILES string of the molecule is N#Cc1ccc(OC2CCC(NC(=O)c3nnc(N4CC5(CCN(C6CCN(c7ccc8c(c7)C(=O)N(C7CCC(=O)NC7=O)C8=O)CC6)CC5)C4)s3)CC2)cc1Cl. The summed E-state index contributed by atoms with van der Waals surface area (Å²) in [6, 6.07) is 12.1. The number of aromatic nitrogens is 2. The Kier molecular flexibility index (Phi) is 10.3. The maximum Gasteiger partial charge on any atom is 0.282 e. The van der Waals surface area contributed by atoms with Crippen LogP contribution >= 0.6 is 22.9 Å². The number of hydrogen-bond donors (Lipinski definition) is 2. The first kappa shape index (κ1) is 38.4. The number of halogens is 1. The number of nitrogens with zero attached hydrogens (tertiary/aromatic N) is 7. The standard InChI is InChI=1S/C41H44ClN9O6S/c42-32-20-29(5-1-24(32)21-43)57-28-6-2-25(3-7-28)44-36(54)37-46-47-40(58-37)50-22-41(23-50)13-17-49(18-14-41)26-11-15-48(16-12-26)27-4-8-30-31(19-27)39(56)51(38(30)55)33-9-10-34(52)45-35(33)53/h1,4-5,8,19-20,25-26,28,33H,2-3,6-7,9-18,22-23H2,(H,44,54)(H,45,52,53). The second-order valence-electron chi connectivity index (χ2n) is 16.5. The van der Waals surface area contributed by atoms with E-state index in [0.29, 0.717) is 38.5 Å². The minimum Gasteiger partial charge on any atom is -0.490 e. The van der Waals surface area contributed by atoms with E-state index in [9.17, 15) is 24.0 Å². The summed E-state index contributed by atoms with van der Waals surface area (Å²) in [5.74, 6) is -1.50. The van der Waals surface area contributed by atoms with E-state index in [1.54, 1.807) is 30.3 Å². The Labute approximate surface area is 344 Å². The van der Waals surface area contributed by atoms with Gasteiger partial charge in [-0.15, -0.1) is 10.2 Å². The van der Waals surface area contributed by atoms with Crippen molar-refractivity contribution in [2.45, 2.75) is 88.4 Å². The van der Waals surface area contributed by atoms with Gasteiger partial charge in [0.25, 0.3) is 17.7 Å². The first-order valence-electron chi connectivity index (χ1n) is 20.2. The van der Waals surface area contributed by atoms with Crippen molar-refractivity contribution in [3.05, 3.63) is 63.1 Å². The van der Waals surface area contributed by atoms with Crippen molar-refractivity contribution in [3.8, 4) is 11.8 Å². The Balaban J connectivity index is 0.704. The zero-order valence-electron chi connectivity index (χ0n) is 32.0. The van der Waals surface area contributed by atoms with Crippen LogP contribution in [0, 0.1) is 16.7 Å². The lowest BCUT2D eigenvalue weighted by Crippen LogP contribution is -2.61. The van der Waals surface area contributed by atoms with Gasteiger partial charge >= 0.3 is 0 Å². The summed E-state index contributed by atoms with van der Waals surface area (Å²) in [5, 5.41) is 24.7. The fourth-order valence-electron chi connectivity index (χ4n) is 9.58. The molecule has 0 bridgehead atoms. The summed E-state index contributed by atoms with van der Waals surface area (Å²) < 4.78 is 6.09. The fraction of sp³-hybridized carbons (Fsp3) is 0.512. The summed E-state index contributed by atoms with van der Waals surface area (Å²) in [5.41, 5.74) is 2.18. The van der Waals surface area contributed by atoms with Gasteiger partial charge in [-0.3, -0.25) is 34.2 Å². The van der Waals surface area contributed by atoms with Gasteiger partial charge in [0.15, 0.2) is 0 Å². The quantitative estimate of drug-likeness (QED) is 0.310. The molecule has 5 aliphatic heterocycles. The number of nitrogens with one attached hydrogen (secondary N) is 2. The van der Waals surface area contributed by atoms with Crippen molar-refractivity contribution in [2.75, 3.05) is 49.1 Å². The zero-order chi connectivity index (χ0) is 40.1. The van der Waals surface area contributed by atoms with E-state index >= 15 is 0 Å². The third-order valence-corrected chi connectivity index (χ3v) is 14.2. The average molecular weight is 826 g/mol. The molecule has 6 heterocycles. The minimum atomic E-state index is -0.972. The van der Waals surface area contributed by atoms with Crippen LogP contribution in [-0.2, 0) is 9.59 Å². The Hall–Kier alpha value is -5.11. The predicted octanol–water partition coefficient (Wildman–Crippen LogP) is 4.16. The lowest BCUT2D eigenvalue weighted by molar-refractivity contribution is -0.136. The molecular formula is C41H44ClN9O6S. The number of anilines is 2. The number of hydrogen-bond acceptors (Lipinski definition) is 13. The van der Waals surface area contributed by atoms with E-state index in [2.05, 4.69) is 41.6 Å². The van der Waals surface area contributed by atoms with Crippen LogP contribution < -0.4 is 25.2 Å². The highest BCUT2D eigenvalue weighted by atomic mass is 35.5. The van der Waals surface area contributed by atoms with Crippen LogP contribution in [0.1, 0.15) is 100 Å². The average Bonchev–Trinajstić information content (AvgIpc) is 3.80. The molecule has 1 unspecified atom stereocenters. The Morgan fingerprint density at radius 3 is 2.34 bits per heavy atom. The second-order valence-corrected chi connectivity index (χ2v) is 17.9. The molecule has 1 saturated carbocycles. The van der Waals surface area contributed by atoms with E-state index in [4.69, 9.17) is 21.6 Å². The molecule has 2 aromatic carbocycles. The molecule has 9 rings (SSSR count). The molecule has 5 fully saturated rings. The molecule has 17 heteroatoms. The largest absolute Gasteiger partial charge is 0.490 e. The molecule has 5 amide bonds. The number of imide groups is 2. The molecule has 15 nitrogen and oxygen atoms in total. The molecule has 0 radical (unpaired) electrons. The Morgan fingerprint density at radius 1 is 0.897 bits per heavy atom. The number of benzene rings is 2. The normalized spacial score (nSPS) is 25.0. The van der Waals surface area contributed by atoms with E-state index in [0.717, 1.165) is 106 Å². The van der Waals surface area contributed by atoms with E-state index in [1.807, 2.05) is 6.07 Å². The molecule has 2 N–H and O–H groups in total. The van der Waals surface area contributed by atoms with Crippen molar-refractivity contribution in [2.24, 2.45) is 5.41 Å². The Bertz CT molecular complexity index is 2190. The lowest BCUT2D eigenvalue weighted by atomic mass is 9.72. The molecule has 4 saturated heterocycles. The van der Waals surface area contributed by atoms with E-state index < -0.39 is 29.7 Å². The van der Waals surface area contributed by atoms with Gasteiger partial charge in [0.05, 0.1) is 27.8 Å². The fourth-order valence-corrected chi connectivity index (χ4v) is 10.5. The molecule has 1 aromatic heterocycles. The monoisotopic (exact) mass is 825 g/mol. The number of likely N-dealkylation sites (tertiary alicyclic amines) is 1. The third kappa shape index (κ3) is 7.39. The van der Waals surface area contributed by atoms with Gasteiger partial charge in [0, 0.05) is 61.9 Å². The first-order valence-corrected chi connectivity index (χ1v) is 21.4. The Morgan fingerprint density at radius 2 is 1.64 bits per heavy atom. The second kappa shape index (κ2) is 15.6. The van der Waals surface area contributed by atoms with Crippen molar-refractivity contribution in [1.82, 2.24) is 30.6 Å². The van der Waals surface area contributed by atoms with Crippen molar-refractivity contribution in [1.29, 1.82) is 5.26 Å². The minimum absolute atomic E-state index is 0.0260. The van der Waals surface area contributed by atoms with Gasteiger partial charge in [-0.25, -0.2) is 0 Å². The molecule has 6 aliphatic rings. The van der Waals surface area contributed by atoms with Crippen LogP contribution in [0.4, 0.5) is 10.8 Å². The molecule has 302 valence electrons. The van der Waals surface area contributed by atoms with Crippen LogP contribution in [-0.4, -0.2) is 113 Å².